The summed E-state index contributed by atoms with van der Waals surface area (Å²) in [5.41, 5.74) is 0. The minimum absolute atomic E-state index is 0.153. The van der Waals surface area contributed by atoms with Crippen LogP contribution in [0, 0.1) is 0 Å². The molecule has 1 aliphatic rings. The third-order valence-corrected chi connectivity index (χ3v) is 4.68. The lowest BCUT2D eigenvalue weighted by Gasteiger charge is -2.23. The van der Waals surface area contributed by atoms with Gasteiger partial charge in [-0.1, -0.05) is 57.6 Å². The van der Waals surface area contributed by atoms with Gasteiger partial charge in [0.05, 0.1) is 13.2 Å². The van der Waals surface area contributed by atoms with Crippen LogP contribution in [0.1, 0.15) is 71.1 Å². The number of rotatable bonds is 15. The summed E-state index contributed by atoms with van der Waals surface area (Å²) >= 11 is 0. The first kappa shape index (κ1) is 22.6. The Hall–Kier alpha value is -0.460. The third kappa shape index (κ3) is 9.71. The first-order chi connectivity index (χ1) is 12.2. The van der Waals surface area contributed by atoms with Crippen LogP contribution in [0.2, 0.25) is 0 Å². The zero-order valence-electron chi connectivity index (χ0n) is 15.8. The highest BCUT2D eigenvalue weighted by Crippen LogP contribution is 2.21. The van der Waals surface area contributed by atoms with E-state index in [0.717, 1.165) is 12.8 Å². The number of ether oxygens (including phenoxy) is 2. The Kier molecular flexibility index (Phi) is 13.3. The molecule has 1 fully saturated rings. The molecule has 1 saturated heterocycles. The topological polar surface area (TPSA) is 79.2 Å². The molecule has 0 aromatic rings. The van der Waals surface area contributed by atoms with Gasteiger partial charge >= 0.3 is 0 Å². The van der Waals surface area contributed by atoms with Gasteiger partial charge < -0.3 is 24.8 Å². The van der Waals surface area contributed by atoms with Gasteiger partial charge in [-0.25, -0.2) is 0 Å². The van der Waals surface area contributed by atoms with E-state index < -0.39 is 24.4 Å². The second-order valence-electron chi connectivity index (χ2n) is 6.97. The molecule has 25 heavy (non-hydrogen) atoms. The largest absolute Gasteiger partial charge is 0.394 e. The van der Waals surface area contributed by atoms with E-state index in [9.17, 15) is 10.2 Å². The van der Waals surface area contributed by atoms with Gasteiger partial charge in [0.25, 0.3) is 0 Å². The van der Waals surface area contributed by atoms with Gasteiger partial charge in [0.1, 0.15) is 24.4 Å². The smallest absolute Gasteiger partial charge is 0.114 e. The molecule has 0 spiro atoms. The van der Waals surface area contributed by atoms with Gasteiger partial charge in [-0.2, -0.15) is 0 Å². The number of aliphatic hydroxyl groups excluding tert-OH is 3. The normalized spacial score (nSPS) is 25.0. The molecule has 1 aliphatic heterocycles. The molecule has 1 heterocycles. The summed E-state index contributed by atoms with van der Waals surface area (Å²) in [5.74, 6) is 0. The van der Waals surface area contributed by atoms with Crippen LogP contribution in [0.15, 0.2) is 12.2 Å². The SMILES string of the molecule is CCC/C=C/CCCCCCCCCO[C@H]1[C@@H]([C@H](O)CO)OC[C@@H]1O. The van der Waals surface area contributed by atoms with Crippen LogP contribution in [-0.2, 0) is 9.47 Å². The molecule has 4 atom stereocenters. The predicted octanol–water partition coefficient (Wildman–Crippen LogP) is 2.96. The maximum absolute atomic E-state index is 9.85. The molecular weight excluding hydrogens is 320 g/mol. The van der Waals surface area contributed by atoms with Crippen molar-refractivity contribution in [3.8, 4) is 0 Å². The van der Waals surface area contributed by atoms with E-state index >= 15 is 0 Å². The van der Waals surface area contributed by atoms with Crippen LogP contribution < -0.4 is 0 Å². The molecular formula is C20H38O5. The van der Waals surface area contributed by atoms with Crippen molar-refractivity contribution in [2.75, 3.05) is 19.8 Å². The number of hydrogen-bond acceptors (Lipinski definition) is 5. The van der Waals surface area contributed by atoms with Gasteiger partial charge in [-0.05, 0) is 25.7 Å². The van der Waals surface area contributed by atoms with Crippen LogP contribution in [-0.4, -0.2) is 59.6 Å². The van der Waals surface area contributed by atoms with E-state index in [4.69, 9.17) is 14.6 Å². The molecule has 0 unspecified atom stereocenters. The summed E-state index contributed by atoms with van der Waals surface area (Å²) in [6.07, 6.45) is 13.8. The van der Waals surface area contributed by atoms with Crippen LogP contribution in [0.3, 0.4) is 0 Å². The Bertz CT molecular complexity index is 334. The van der Waals surface area contributed by atoms with E-state index in [2.05, 4.69) is 19.1 Å². The lowest BCUT2D eigenvalue weighted by atomic mass is 10.1. The van der Waals surface area contributed by atoms with Gasteiger partial charge in [0.15, 0.2) is 0 Å². The van der Waals surface area contributed by atoms with Gasteiger partial charge in [0, 0.05) is 6.61 Å². The molecule has 148 valence electrons. The number of aliphatic hydroxyl groups is 3. The molecule has 5 heteroatoms. The summed E-state index contributed by atoms with van der Waals surface area (Å²) < 4.78 is 11.0. The molecule has 3 N–H and O–H groups in total. The molecule has 0 aromatic carbocycles. The highest BCUT2D eigenvalue weighted by Gasteiger charge is 2.40. The summed E-state index contributed by atoms with van der Waals surface area (Å²) in [6, 6.07) is 0. The Labute approximate surface area is 153 Å². The van der Waals surface area contributed by atoms with Crippen LogP contribution >= 0.6 is 0 Å². The Balaban J connectivity index is 1.94. The van der Waals surface area contributed by atoms with Crippen molar-refractivity contribution < 1.29 is 24.8 Å². The van der Waals surface area contributed by atoms with Gasteiger partial charge in [0.2, 0.25) is 0 Å². The van der Waals surface area contributed by atoms with Crippen LogP contribution in [0.4, 0.5) is 0 Å². The maximum Gasteiger partial charge on any atom is 0.114 e. The van der Waals surface area contributed by atoms with E-state index in [1.54, 1.807) is 0 Å². The van der Waals surface area contributed by atoms with Crippen LogP contribution in [0.5, 0.6) is 0 Å². The van der Waals surface area contributed by atoms with Gasteiger partial charge in [-0.3, -0.25) is 0 Å². The highest BCUT2D eigenvalue weighted by atomic mass is 16.6. The number of unbranched alkanes of at least 4 members (excludes halogenated alkanes) is 8. The second-order valence-corrected chi connectivity index (χ2v) is 6.97. The second kappa shape index (κ2) is 14.7. The average Bonchev–Trinajstić information content (AvgIpc) is 2.99. The summed E-state index contributed by atoms with van der Waals surface area (Å²) in [4.78, 5) is 0. The van der Waals surface area contributed by atoms with E-state index in [0.29, 0.717) is 6.61 Å². The zero-order valence-corrected chi connectivity index (χ0v) is 15.8. The summed E-state index contributed by atoms with van der Waals surface area (Å²) in [5, 5.41) is 28.5. The van der Waals surface area contributed by atoms with Crippen molar-refractivity contribution in [3.05, 3.63) is 12.2 Å². The number of hydrogen-bond donors (Lipinski definition) is 3. The van der Waals surface area contributed by atoms with Crippen molar-refractivity contribution in [2.24, 2.45) is 0 Å². The minimum atomic E-state index is -1.00. The van der Waals surface area contributed by atoms with Crippen molar-refractivity contribution >= 4 is 0 Å². The lowest BCUT2D eigenvalue weighted by Crippen LogP contribution is -2.42. The molecule has 0 bridgehead atoms. The quantitative estimate of drug-likeness (QED) is 0.310. The van der Waals surface area contributed by atoms with E-state index in [1.165, 1.54) is 51.4 Å². The molecule has 0 amide bonds. The fraction of sp³-hybridized carbons (Fsp3) is 0.900. The fourth-order valence-electron chi connectivity index (χ4n) is 3.13. The fourth-order valence-corrected chi connectivity index (χ4v) is 3.13. The molecule has 0 aromatic heterocycles. The lowest BCUT2D eigenvalue weighted by molar-refractivity contribution is -0.0938. The van der Waals surface area contributed by atoms with Crippen molar-refractivity contribution in [2.45, 2.75) is 95.5 Å². The molecule has 0 saturated carbocycles. The first-order valence-electron chi connectivity index (χ1n) is 10.1. The summed E-state index contributed by atoms with van der Waals surface area (Å²) in [6.45, 7) is 2.53. The van der Waals surface area contributed by atoms with Crippen molar-refractivity contribution in [1.29, 1.82) is 0 Å². The van der Waals surface area contributed by atoms with E-state index in [1.807, 2.05) is 0 Å². The molecule has 0 radical (unpaired) electrons. The van der Waals surface area contributed by atoms with Gasteiger partial charge in [-0.15, -0.1) is 0 Å². The maximum atomic E-state index is 9.85. The number of allylic oxidation sites excluding steroid dienone is 2. The van der Waals surface area contributed by atoms with Crippen molar-refractivity contribution in [3.63, 3.8) is 0 Å². The monoisotopic (exact) mass is 358 g/mol. The Morgan fingerprint density at radius 2 is 1.68 bits per heavy atom. The van der Waals surface area contributed by atoms with E-state index in [-0.39, 0.29) is 13.2 Å². The Morgan fingerprint density at radius 3 is 2.36 bits per heavy atom. The van der Waals surface area contributed by atoms with Crippen LogP contribution in [0.25, 0.3) is 0 Å². The first-order valence-corrected chi connectivity index (χ1v) is 10.1. The third-order valence-electron chi connectivity index (χ3n) is 4.68. The Morgan fingerprint density at radius 1 is 1.04 bits per heavy atom. The highest BCUT2D eigenvalue weighted by molar-refractivity contribution is 4.89. The summed E-state index contributed by atoms with van der Waals surface area (Å²) in [7, 11) is 0. The minimum Gasteiger partial charge on any atom is -0.394 e. The van der Waals surface area contributed by atoms with Crippen molar-refractivity contribution in [1.82, 2.24) is 0 Å². The molecule has 0 aliphatic carbocycles. The average molecular weight is 359 g/mol. The molecule has 5 nitrogen and oxygen atoms in total. The molecule has 1 rings (SSSR count). The zero-order chi connectivity index (χ0) is 18.3. The predicted molar refractivity (Wildman–Crippen MR) is 99.6 cm³/mol. The standard InChI is InChI=1S/C20H38O5/c1-2-3-4-5-6-7-8-9-10-11-12-13-14-24-20-18(23)16-25-19(20)17(22)15-21/h4-5,17-23H,2-3,6-16H2,1H3/b5-4+/t17-,18+,19-,20-/m1/s1.